The van der Waals surface area contributed by atoms with Gasteiger partial charge in [-0.2, -0.15) is 0 Å². The molecule has 0 spiro atoms. The van der Waals surface area contributed by atoms with Gasteiger partial charge in [0.25, 0.3) is 0 Å². The number of thiophene rings is 1. The number of carbonyl (C=O) groups is 1. The number of carboxylic acid groups (broad SMARTS) is 1. The normalized spacial score (nSPS) is 12.8. The molecule has 0 saturated carbocycles. The predicted octanol–water partition coefficient (Wildman–Crippen LogP) is 0.293. The SMILES string of the molecule is [B]c1csc(C(=O)O)c1C(C)O. The van der Waals surface area contributed by atoms with E-state index in [4.69, 9.17) is 13.0 Å². The van der Waals surface area contributed by atoms with E-state index < -0.39 is 12.1 Å². The summed E-state index contributed by atoms with van der Waals surface area (Å²) in [5, 5.41) is 19.4. The highest BCUT2D eigenvalue weighted by Crippen LogP contribution is 2.20. The van der Waals surface area contributed by atoms with E-state index in [1.165, 1.54) is 12.3 Å². The van der Waals surface area contributed by atoms with Crippen LogP contribution in [0.3, 0.4) is 0 Å². The van der Waals surface area contributed by atoms with Crippen molar-refractivity contribution >= 4 is 30.6 Å². The fourth-order valence-electron chi connectivity index (χ4n) is 0.977. The smallest absolute Gasteiger partial charge is 0.346 e. The standard InChI is InChI=1S/C7H7BO3S/c1-3(9)5-4(8)2-12-6(5)7(10)11/h2-3,9H,1H3,(H,10,11). The summed E-state index contributed by atoms with van der Waals surface area (Å²) in [7, 11) is 5.47. The zero-order valence-corrected chi connectivity index (χ0v) is 7.26. The summed E-state index contributed by atoms with van der Waals surface area (Å²) in [6.07, 6.45) is -0.831. The van der Waals surface area contributed by atoms with Gasteiger partial charge in [0.1, 0.15) is 12.7 Å². The molecule has 0 bridgehead atoms. The third-order valence-corrected chi connectivity index (χ3v) is 2.47. The Morgan fingerprint density at radius 3 is 2.67 bits per heavy atom. The van der Waals surface area contributed by atoms with E-state index in [-0.39, 0.29) is 4.88 Å². The highest BCUT2D eigenvalue weighted by Gasteiger charge is 2.17. The van der Waals surface area contributed by atoms with Gasteiger partial charge in [-0.25, -0.2) is 4.79 Å². The molecule has 3 nitrogen and oxygen atoms in total. The van der Waals surface area contributed by atoms with Crippen molar-refractivity contribution in [3.63, 3.8) is 0 Å². The van der Waals surface area contributed by atoms with E-state index in [0.717, 1.165) is 11.3 Å². The number of rotatable bonds is 2. The molecule has 1 heterocycles. The average molecular weight is 182 g/mol. The van der Waals surface area contributed by atoms with Crippen LogP contribution in [0, 0.1) is 0 Å². The van der Waals surface area contributed by atoms with Crippen LogP contribution in [0.5, 0.6) is 0 Å². The zero-order chi connectivity index (χ0) is 9.30. The molecular formula is C7H7BO3S. The molecular weight excluding hydrogens is 175 g/mol. The highest BCUT2D eigenvalue weighted by atomic mass is 32.1. The molecule has 1 rings (SSSR count). The van der Waals surface area contributed by atoms with Gasteiger partial charge >= 0.3 is 5.97 Å². The summed E-state index contributed by atoms with van der Waals surface area (Å²) in [6.45, 7) is 1.49. The Kier molecular flexibility index (Phi) is 2.54. The first-order valence-electron chi connectivity index (χ1n) is 3.32. The number of hydrogen-bond donors (Lipinski definition) is 2. The zero-order valence-electron chi connectivity index (χ0n) is 6.44. The van der Waals surface area contributed by atoms with Crippen molar-refractivity contribution < 1.29 is 15.0 Å². The molecule has 0 fully saturated rings. The summed E-state index contributed by atoms with van der Waals surface area (Å²) in [5.74, 6) is -1.05. The summed E-state index contributed by atoms with van der Waals surface area (Å²) >= 11 is 1.03. The quantitative estimate of drug-likeness (QED) is 0.646. The van der Waals surface area contributed by atoms with Crippen molar-refractivity contribution in [2.75, 3.05) is 0 Å². The van der Waals surface area contributed by atoms with Gasteiger partial charge < -0.3 is 10.2 Å². The lowest BCUT2D eigenvalue weighted by Crippen LogP contribution is -2.12. The Bertz CT molecular complexity index is 306. The molecule has 1 aromatic rings. The molecule has 0 saturated heterocycles. The maximum atomic E-state index is 10.6. The predicted molar refractivity (Wildman–Crippen MR) is 47.3 cm³/mol. The fraction of sp³-hybridized carbons (Fsp3) is 0.286. The first-order chi connectivity index (χ1) is 5.54. The number of aliphatic hydroxyl groups is 1. The second-order valence-corrected chi connectivity index (χ2v) is 3.29. The van der Waals surface area contributed by atoms with Crippen LogP contribution in [0.25, 0.3) is 0 Å². The molecule has 1 atom stereocenters. The van der Waals surface area contributed by atoms with E-state index in [2.05, 4.69) is 0 Å². The van der Waals surface area contributed by atoms with Crippen molar-refractivity contribution in [1.82, 2.24) is 0 Å². The Balaban J connectivity index is 3.21. The lowest BCUT2D eigenvalue weighted by atomic mass is 9.91. The van der Waals surface area contributed by atoms with E-state index >= 15 is 0 Å². The Morgan fingerprint density at radius 1 is 1.75 bits per heavy atom. The third kappa shape index (κ3) is 1.51. The summed E-state index contributed by atoms with van der Waals surface area (Å²) in [5.41, 5.74) is 0.653. The van der Waals surface area contributed by atoms with Crippen molar-refractivity contribution in [1.29, 1.82) is 0 Å². The lowest BCUT2D eigenvalue weighted by molar-refractivity contribution is 0.0696. The van der Waals surface area contributed by atoms with E-state index in [0.29, 0.717) is 11.0 Å². The summed E-state index contributed by atoms with van der Waals surface area (Å²) in [4.78, 5) is 10.7. The average Bonchev–Trinajstić information content (AvgIpc) is 2.30. The molecule has 62 valence electrons. The second kappa shape index (κ2) is 3.29. The van der Waals surface area contributed by atoms with Crippen molar-refractivity contribution in [2.45, 2.75) is 13.0 Å². The van der Waals surface area contributed by atoms with Crippen LogP contribution in [-0.4, -0.2) is 24.0 Å². The lowest BCUT2D eigenvalue weighted by Gasteiger charge is -2.04. The topological polar surface area (TPSA) is 57.5 Å². The van der Waals surface area contributed by atoms with Crippen molar-refractivity contribution in [3.05, 3.63) is 15.8 Å². The largest absolute Gasteiger partial charge is 0.477 e. The summed E-state index contributed by atoms with van der Waals surface area (Å²) in [6, 6.07) is 0. The Labute approximate surface area is 75.1 Å². The van der Waals surface area contributed by atoms with E-state index in [1.54, 1.807) is 0 Å². The minimum Gasteiger partial charge on any atom is -0.477 e. The van der Waals surface area contributed by atoms with Crippen molar-refractivity contribution in [2.24, 2.45) is 0 Å². The van der Waals surface area contributed by atoms with Crippen LogP contribution >= 0.6 is 11.3 Å². The van der Waals surface area contributed by atoms with Gasteiger partial charge in [0.2, 0.25) is 0 Å². The molecule has 12 heavy (non-hydrogen) atoms. The van der Waals surface area contributed by atoms with Gasteiger partial charge in [0.15, 0.2) is 0 Å². The monoisotopic (exact) mass is 182 g/mol. The van der Waals surface area contributed by atoms with Crippen LogP contribution in [-0.2, 0) is 0 Å². The molecule has 0 amide bonds. The second-order valence-electron chi connectivity index (χ2n) is 2.41. The van der Waals surface area contributed by atoms with E-state index in [9.17, 15) is 9.90 Å². The first kappa shape index (κ1) is 9.28. The van der Waals surface area contributed by atoms with Crippen LogP contribution in [0.2, 0.25) is 0 Å². The van der Waals surface area contributed by atoms with Crippen molar-refractivity contribution in [3.8, 4) is 0 Å². The molecule has 5 heteroatoms. The minimum atomic E-state index is -1.05. The van der Waals surface area contributed by atoms with Gasteiger partial charge in [0, 0.05) is 0 Å². The molecule has 0 aliphatic heterocycles. The Morgan fingerprint density at radius 2 is 2.33 bits per heavy atom. The fourth-order valence-corrected chi connectivity index (χ4v) is 1.86. The van der Waals surface area contributed by atoms with Gasteiger partial charge in [0.05, 0.1) is 6.10 Å². The number of hydrogen-bond acceptors (Lipinski definition) is 3. The number of aliphatic hydroxyl groups excluding tert-OH is 1. The maximum Gasteiger partial charge on any atom is 0.346 e. The highest BCUT2D eigenvalue weighted by molar-refractivity contribution is 7.13. The first-order valence-corrected chi connectivity index (χ1v) is 4.20. The number of aromatic carboxylic acids is 1. The van der Waals surface area contributed by atoms with Crippen LogP contribution in [0.4, 0.5) is 0 Å². The van der Waals surface area contributed by atoms with E-state index in [1.807, 2.05) is 0 Å². The molecule has 2 radical (unpaired) electrons. The molecule has 0 aromatic carbocycles. The molecule has 1 aromatic heterocycles. The molecule has 2 N–H and O–H groups in total. The Hall–Kier alpha value is -0.805. The van der Waals surface area contributed by atoms with Gasteiger partial charge in [-0.15, -0.1) is 11.3 Å². The van der Waals surface area contributed by atoms with Gasteiger partial charge in [-0.1, -0.05) is 5.46 Å². The number of carboxylic acids is 1. The van der Waals surface area contributed by atoms with Crippen LogP contribution in [0.15, 0.2) is 5.38 Å². The van der Waals surface area contributed by atoms with Gasteiger partial charge in [-0.05, 0) is 17.9 Å². The maximum absolute atomic E-state index is 10.6. The van der Waals surface area contributed by atoms with Crippen LogP contribution in [0.1, 0.15) is 28.3 Å². The summed E-state index contributed by atoms with van der Waals surface area (Å²) < 4.78 is 0. The third-order valence-electron chi connectivity index (χ3n) is 1.47. The molecule has 0 aliphatic carbocycles. The van der Waals surface area contributed by atoms with Gasteiger partial charge in [-0.3, -0.25) is 0 Å². The minimum absolute atomic E-state index is 0.113. The molecule has 0 aliphatic rings. The molecule has 1 unspecified atom stereocenters. The van der Waals surface area contributed by atoms with Crippen LogP contribution < -0.4 is 5.46 Å².